The van der Waals surface area contributed by atoms with E-state index < -0.39 is 0 Å². The first-order chi connectivity index (χ1) is 12.8. The van der Waals surface area contributed by atoms with Gasteiger partial charge >= 0.3 is 0 Å². The molecule has 4 aromatic rings. The van der Waals surface area contributed by atoms with Crippen molar-refractivity contribution in [2.24, 2.45) is 0 Å². The van der Waals surface area contributed by atoms with Crippen LogP contribution in [0, 0.1) is 0 Å². The van der Waals surface area contributed by atoms with Crippen LogP contribution in [0.1, 0.15) is 5.82 Å². The van der Waals surface area contributed by atoms with Gasteiger partial charge in [0.05, 0.1) is 12.2 Å². The van der Waals surface area contributed by atoms with Gasteiger partial charge in [-0.3, -0.25) is 13.8 Å². The largest absolute Gasteiger partial charge is 0.484 e. The Morgan fingerprint density at radius 2 is 1.96 bits per heavy atom. The topological polar surface area (TPSA) is 99.2 Å². The molecule has 0 spiro atoms. The van der Waals surface area contributed by atoms with Gasteiger partial charge in [0.2, 0.25) is 0 Å². The Morgan fingerprint density at radius 3 is 2.85 bits per heavy atom. The highest BCUT2D eigenvalue weighted by Crippen LogP contribution is 2.16. The summed E-state index contributed by atoms with van der Waals surface area (Å²) in [6.07, 6.45) is 5.03. The Morgan fingerprint density at radius 1 is 1.08 bits per heavy atom. The molecule has 0 unspecified atom stereocenters. The fourth-order valence-electron chi connectivity index (χ4n) is 2.46. The number of carbonyl (C=O) groups excluding carboxylic acids is 1. The second-order valence-electron chi connectivity index (χ2n) is 5.48. The average Bonchev–Trinajstić information content (AvgIpc) is 3.35. The summed E-state index contributed by atoms with van der Waals surface area (Å²) < 4.78 is 9.13. The van der Waals surface area contributed by atoms with Crippen molar-refractivity contribution in [2.75, 3.05) is 6.61 Å². The van der Waals surface area contributed by atoms with Gasteiger partial charge in [-0.25, -0.2) is 0 Å². The Kier molecular flexibility index (Phi) is 4.25. The van der Waals surface area contributed by atoms with Crippen LogP contribution in [0.15, 0.2) is 61.3 Å². The van der Waals surface area contributed by atoms with Crippen LogP contribution in [0.4, 0.5) is 0 Å². The minimum Gasteiger partial charge on any atom is -0.484 e. The maximum absolute atomic E-state index is 12.0. The van der Waals surface area contributed by atoms with Gasteiger partial charge in [0.15, 0.2) is 18.1 Å². The fourth-order valence-corrected chi connectivity index (χ4v) is 2.46. The minimum absolute atomic E-state index is 0.0949. The van der Waals surface area contributed by atoms with E-state index in [2.05, 4.69) is 25.7 Å². The van der Waals surface area contributed by atoms with Gasteiger partial charge in [-0.1, -0.05) is 12.1 Å². The van der Waals surface area contributed by atoms with E-state index in [4.69, 9.17) is 4.74 Å². The minimum atomic E-state index is -0.243. The Hall–Kier alpha value is -3.75. The molecule has 9 nitrogen and oxygen atoms in total. The molecule has 0 aliphatic carbocycles. The summed E-state index contributed by atoms with van der Waals surface area (Å²) in [6.45, 7) is 0.177. The number of hydrogen-bond acceptors (Lipinski definition) is 6. The quantitative estimate of drug-likeness (QED) is 0.558. The standard InChI is InChI=1S/C17H15N7O2/c25-17(18-9-16-22-21-15-6-1-2-7-24(15)16)10-26-14-5-3-4-13(8-14)23-11-19-20-12-23/h1-8,11-12H,9-10H2,(H,18,25). The molecule has 0 bridgehead atoms. The highest BCUT2D eigenvalue weighted by atomic mass is 16.5. The lowest BCUT2D eigenvalue weighted by Crippen LogP contribution is -2.29. The number of nitrogens with zero attached hydrogens (tertiary/aromatic N) is 6. The van der Waals surface area contributed by atoms with Gasteiger partial charge in [-0.15, -0.1) is 20.4 Å². The zero-order chi connectivity index (χ0) is 17.8. The van der Waals surface area contributed by atoms with E-state index >= 15 is 0 Å². The summed E-state index contributed by atoms with van der Waals surface area (Å²) in [5.74, 6) is 0.996. The van der Waals surface area contributed by atoms with E-state index in [-0.39, 0.29) is 19.1 Å². The molecule has 0 fully saturated rings. The number of carbonyl (C=O) groups is 1. The van der Waals surface area contributed by atoms with E-state index in [1.807, 2.05) is 47.0 Å². The van der Waals surface area contributed by atoms with E-state index in [1.165, 1.54) is 0 Å². The van der Waals surface area contributed by atoms with Crippen molar-refractivity contribution in [2.45, 2.75) is 6.54 Å². The molecule has 0 aliphatic heterocycles. The second-order valence-corrected chi connectivity index (χ2v) is 5.48. The Balaban J connectivity index is 1.34. The molecular formula is C17H15N7O2. The number of aromatic nitrogens is 6. The third-order valence-electron chi connectivity index (χ3n) is 3.73. The molecule has 1 amide bonds. The zero-order valence-corrected chi connectivity index (χ0v) is 13.7. The van der Waals surface area contributed by atoms with Crippen molar-refractivity contribution in [1.82, 2.24) is 34.7 Å². The van der Waals surface area contributed by atoms with Crippen molar-refractivity contribution in [3.05, 3.63) is 67.1 Å². The molecule has 0 saturated heterocycles. The van der Waals surface area contributed by atoms with Crippen molar-refractivity contribution < 1.29 is 9.53 Å². The number of benzene rings is 1. The Labute approximate surface area is 148 Å². The monoisotopic (exact) mass is 349 g/mol. The van der Waals surface area contributed by atoms with Crippen molar-refractivity contribution in [1.29, 1.82) is 0 Å². The third-order valence-corrected chi connectivity index (χ3v) is 3.73. The lowest BCUT2D eigenvalue weighted by molar-refractivity contribution is -0.123. The summed E-state index contributed by atoms with van der Waals surface area (Å²) in [6, 6.07) is 12.9. The van der Waals surface area contributed by atoms with Crippen LogP contribution in [0.5, 0.6) is 5.75 Å². The Bertz CT molecular complexity index is 1030. The van der Waals surface area contributed by atoms with Gasteiger partial charge in [0, 0.05) is 12.3 Å². The number of rotatable bonds is 6. The first kappa shape index (κ1) is 15.8. The van der Waals surface area contributed by atoms with E-state index in [0.29, 0.717) is 11.6 Å². The van der Waals surface area contributed by atoms with Crippen LogP contribution in [0.3, 0.4) is 0 Å². The smallest absolute Gasteiger partial charge is 0.258 e. The fraction of sp³-hybridized carbons (Fsp3) is 0.118. The highest BCUT2D eigenvalue weighted by molar-refractivity contribution is 5.77. The molecule has 1 N–H and O–H groups in total. The number of ether oxygens (including phenoxy) is 1. The molecule has 4 rings (SSSR count). The number of pyridine rings is 1. The average molecular weight is 349 g/mol. The van der Waals surface area contributed by atoms with Gasteiger partial charge in [0.1, 0.15) is 18.4 Å². The van der Waals surface area contributed by atoms with Gasteiger partial charge in [-0.2, -0.15) is 0 Å². The number of amides is 1. The summed E-state index contributed by atoms with van der Waals surface area (Å²) >= 11 is 0. The van der Waals surface area contributed by atoms with Crippen molar-refractivity contribution in [3.63, 3.8) is 0 Å². The molecule has 1 aromatic carbocycles. The predicted octanol–water partition coefficient (Wildman–Crippen LogP) is 1.01. The third kappa shape index (κ3) is 3.36. The molecule has 0 aliphatic rings. The molecule has 9 heteroatoms. The number of nitrogens with one attached hydrogen (secondary N) is 1. The summed E-state index contributed by atoms with van der Waals surface area (Å²) in [5.41, 5.74) is 1.58. The number of hydrogen-bond donors (Lipinski definition) is 1. The lowest BCUT2D eigenvalue weighted by Gasteiger charge is -2.08. The second kappa shape index (κ2) is 7.01. The molecule has 3 aromatic heterocycles. The maximum Gasteiger partial charge on any atom is 0.258 e. The molecule has 0 radical (unpaired) electrons. The zero-order valence-electron chi connectivity index (χ0n) is 13.7. The van der Waals surface area contributed by atoms with Crippen LogP contribution in [0.25, 0.3) is 11.3 Å². The summed E-state index contributed by atoms with van der Waals surface area (Å²) in [7, 11) is 0. The van der Waals surface area contributed by atoms with Crippen molar-refractivity contribution >= 4 is 11.6 Å². The first-order valence-corrected chi connectivity index (χ1v) is 7.93. The van der Waals surface area contributed by atoms with Gasteiger partial charge < -0.3 is 10.1 Å². The summed E-state index contributed by atoms with van der Waals surface area (Å²) in [4.78, 5) is 12.0. The van der Waals surface area contributed by atoms with E-state index in [0.717, 1.165) is 11.3 Å². The predicted molar refractivity (Wildman–Crippen MR) is 91.7 cm³/mol. The number of fused-ring (bicyclic) bond motifs is 1. The molecule has 26 heavy (non-hydrogen) atoms. The molecule has 0 atom stereocenters. The van der Waals surface area contributed by atoms with Crippen LogP contribution in [0.2, 0.25) is 0 Å². The first-order valence-electron chi connectivity index (χ1n) is 7.93. The molecule has 3 heterocycles. The van der Waals surface area contributed by atoms with Gasteiger partial charge in [0.25, 0.3) is 5.91 Å². The van der Waals surface area contributed by atoms with Gasteiger partial charge in [-0.05, 0) is 24.3 Å². The van der Waals surface area contributed by atoms with Crippen LogP contribution in [-0.4, -0.2) is 41.9 Å². The molecule has 0 saturated carbocycles. The maximum atomic E-state index is 12.0. The van der Waals surface area contributed by atoms with Crippen molar-refractivity contribution in [3.8, 4) is 11.4 Å². The lowest BCUT2D eigenvalue weighted by atomic mass is 10.3. The highest BCUT2D eigenvalue weighted by Gasteiger charge is 2.08. The van der Waals surface area contributed by atoms with E-state index in [9.17, 15) is 4.79 Å². The summed E-state index contributed by atoms with van der Waals surface area (Å²) in [5, 5.41) is 18.4. The SMILES string of the molecule is O=C(COc1cccc(-n2cnnc2)c1)NCc1nnc2ccccn12. The van der Waals surface area contributed by atoms with Crippen LogP contribution >= 0.6 is 0 Å². The van der Waals surface area contributed by atoms with Crippen LogP contribution < -0.4 is 10.1 Å². The molecule has 130 valence electrons. The normalized spacial score (nSPS) is 10.8. The van der Waals surface area contributed by atoms with E-state index in [1.54, 1.807) is 23.3 Å². The molecular weight excluding hydrogens is 334 g/mol. The van der Waals surface area contributed by atoms with Crippen LogP contribution in [-0.2, 0) is 11.3 Å².